The molecule has 4 heteroatoms. The summed E-state index contributed by atoms with van der Waals surface area (Å²) >= 11 is 0. The Kier molecular flexibility index (Phi) is 35.1. The molecule has 260 valence electrons. The van der Waals surface area contributed by atoms with Crippen molar-refractivity contribution in [3.8, 4) is 0 Å². The standard InChI is InChI=1S/C40H76O4/c1-3-5-7-9-11-13-14-15-16-17-18-19-25-29-33-37-40(43)44-38(34-30-26-22-12-10-8-6-4-2)35-31-27-23-20-21-24-28-32-36-39(41)42/h15-16,38H,3-14,17-37H2,1-2H3,(H,41,42)/b16-15-. The quantitative estimate of drug-likeness (QED) is 0.0430. The largest absolute Gasteiger partial charge is 0.481 e. The third-order valence-electron chi connectivity index (χ3n) is 8.99. The third kappa shape index (κ3) is 35.2. The van der Waals surface area contributed by atoms with E-state index in [0.29, 0.717) is 12.8 Å². The van der Waals surface area contributed by atoms with Crippen molar-refractivity contribution < 1.29 is 19.4 Å². The second-order valence-corrected chi connectivity index (χ2v) is 13.5. The van der Waals surface area contributed by atoms with Crippen LogP contribution < -0.4 is 0 Å². The van der Waals surface area contributed by atoms with Gasteiger partial charge in [-0.1, -0.05) is 161 Å². The van der Waals surface area contributed by atoms with E-state index in [1.54, 1.807) is 0 Å². The first-order valence-corrected chi connectivity index (χ1v) is 19.7. The Labute approximate surface area is 275 Å². The van der Waals surface area contributed by atoms with Crippen LogP contribution >= 0.6 is 0 Å². The fourth-order valence-electron chi connectivity index (χ4n) is 6.06. The lowest BCUT2D eigenvalue weighted by atomic mass is 10.0. The number of ether oxygens (including phenoxy) is 1. The molecule has 1 atom stereocenters. The molecular formula is C40H76O4. The van der Waals surface area contributed by atoms with Crippen LogP contribution in [-0.4, -0.2) is 23.1 Å². The van der Waals surface area contributed by atoms with Crippen LogP contribution in [0.4, 0.5) is 0 Å². The number of carbonyl (C=O) groups is 2. The predicted molar refractivity (Wildman–Crippen MR) is 190 cm³/mol. The van der Waals surface area contributed by atoms with E-state index in [0.717, 1.165) is 51.4 Å². The maximum Gasteiger partial charge on any atom is 0.306 e. The summed E-state index contributed by atoms with van der Waals surface area (Å²) in [6.45, 7) is 4.54. The molecule has 0 aliphatic carbocycles. The van der Waals surface area contributed by atoms with E-state index < -0.39 is 5.97 Å². The van der Waals surface area contributed by atoms with Crippen LogP contribution in [0.15, 0.2) is 12.2 Å². The van der Waals surface area contributed by atoms with E-state index in [2.05, 4.69) is 26.0 Å². The second-order valence-electron chi connectivity index (χ2n) is 13.5. The number of unbranched alkanes of at least 4 members (excludes halogenated alkanes) is 25. The summed E-state index contributed by atoms with van der Waals surface area (Å²) in [6, 6.07) is 0. The number of allylic oxidation sites excluding steroid dienone is 2. The summed E-state index contributed by atoms with van der Waals surface area (Å²) in [6.07, 6.45) is 43.8. The molecule has 0 aliphatic heterocycles. The molecule has 44 heavy (non-hydrogen) atoms. The minimum Gasteiger partial charge on any atom is -0.481 e. The molecule has 0 aromatic heterocycles. The van der Waals surface area contributed by atoms with Gasteiger partial charge in [0, 0.05) is 12.8 Å². The molecule has 0 saturated carbocycles. The monoisotopic (exact) mass is 621 g/mol. The average Bonchev–Trinajstić information content (AvgIpc) is 3.01. The number of carboxylic acid groups (broad SMARTS) is 1. The van der Waals surface area contributed by atoms with Gasteiger partial charge in [0.2, 0.25) is 0 Å². The van der Waals surface area contributed by atoms with E-state index in [4.69, 9.17) is 9.84 Å². The molecule has 0 aromatic carbocycles. The Hall–Kier alpha value is -1.32. The van der Waals surface area contributed by atoms with Crippen molar-refractivity contribution in [1.29, 1.82) is 0 Å². The van der Waals surface area contributed by atoms with E-state index >= 15 is 0 Å². The molecular weight excluding hydrogens is 544 g/mol. The van der Waals surface area contributed by atoms with Gasteiger partial charge in [0.15, 0.2) is 0 Å². The molecule has 0 fully saturated rings. The van der Waals surface area contributed by atoms with E-state index in [1.807, 2.05) is 0 Å². The Morgan fingerprint density at radius 3 is 1.23 bits per heavy atom. The molecule has 0 radical (unpaired) electrons. The van der Waals surface area contributed by atoms with Crippen LogP contribution in [0.3, 0.4) is 0 Å². The molecule has 1 unspecified atom stereocenters. The van der Waals surface area contributed by atoms with Gasteiger partial charge in [0.1, 0.15) is 6.10 Å². The lowest BCUT2D eigenvalue weighted by molar-refractivity contribution is -0.150. The van der Waals surface area contributed by atoms with Crippen LogP contribution in [0.1, 0.15) is 226 Å². The van der Waals surface area contributed by atoms with Crippen molar-refractivity contribution in [2.45, 2.75) is 232 Å². The van der Waals surface area contributed by atoms with E-state index in [1.165, 1.54) is 148 Å². The van der Waals surface area contributed by atoms with Gasteiger partial charge in [-0.2, -0.15) is 0 Å². The zero-order chi connectivity index (χ0) is 32.2. The van der Waals surface area contributed by atoms with Crippen LogP contribution in [0.5, 0.6) is 0 Å². The van der Waals surface area contributed by atoms with Crippen LogP contribution in [0.25, 0.3) is 0 Å². The van der Waals surface area contributed by atoms with Gasteiger partial charge in [-0.05, 0) is 64.2 Å². The molecule has 0 rings (SSSR count). The fraction of sp³-hybridized carbons (Fsp3) is 0.900. The molecule has 0 heterocycles. The van der Waals surface area contributed by atoms with Gasteiger partial charge in [-0.25, -0.2) is 0 Å². The van der Waals surface area contributed by atoms with Crippen molar-refractivity contribution in [3.63, 3.8) is 0 Å². The molecule has 0 bridgehead atoms. The summed E-state index contributed by atoms with van der Waals surface area (Å²) in [5.74, 6) is -0.659. The Balaban J connectivity index is 4.01. The predicted octanol–water partition coefficient (Wildman–Crippen LogP) is 13.5. The number of esters is 1. The highest BCUT2D eigenvalue weighted by molar-refractivity contribution is 5.69. The van der Waals surface area contributed by atoms with Gasteiger partial charge in [0.05, 0.1) is 0 Å². The van der Waals surface area contributed by atoms with Gasteiger partial charge in [0.25, 0.3) is 0 Å². The Bertz CT molecular complexity index is 629. The minimum absolute atomic E-state index is 0.0218. The minimum atomic E-state index is -0.681. The molecule has 0 aromatic rings. The van der Waals surface area contributed by atoms with E-state index in [-0.39, 0.29) is 12.1 Å². The Morgan fingerprint density at radius 1 is 0.477 bits per heavy atom. The smallest absolute Gasteiger partial charge is 0.306 e. The first-order valence-electron chi connectivity index (χ1n) is 19.7. The van der Waals surface area contributed by atoms with Crippen molar-refractivity contribution in [2.75, 3.05) is 0 Å². The maximum absolute atomic E-state index is 12.7. The van der Waals surface area contributed by atoms with Gasteiger partial charge in [-0.3, -0.25) is 9.59 Å². The molecule has 0 spiro atoms. The lowest BCUT2D eigenvalue weighted by Gasteiger charge is -2.18. The highest BCUT2D eigenvalue weighted by atomic mass is 16.5. The van der Waals surface area contributed by atoms with Gasteiger partial charge < -0.3 is 9.84 Å². The van der Waals surface area contributed by atoms with Crippen LogP contribution in [0.2, 0.25) is 0 Å². The second kappa shape index (κ2) is 36.2. The Morgan fingerprint density at radius 2 is 0.818 bits per heavy atom. The zero-order valence-corrected chi connectivity index (χ0v) is 29.7. The van der Waals surface area contributed by atoms with Crippen molar-refractivity contribution in [1.82, 2.24) is 0 Å². The summed E-state index contributed by atoms with van der Waals surface area (Å²) in [5.41, 5.74) is 0. The summed E-state index contributed by atoms with van der Waals surface area (Å²) in [7, 11) is 0. The number of rotatable bonds is 36. The van der Waals surface area contributed by atoms with Crippen LogP contribution in [0, 0.1) is 0 Å². The molecule has 1 N–H and O–H groups in total. The fourth-order valence-corrected chi connectivity index (χ4v) is 6.06. The van der Waals surface area contributed by atoms with E-state index in [9.17, 15) is 9.59 Å². The molecule has 0 aliphatic rings. The third-order valence-corrected chi connectivity index (χ3v) is 8.99. The highest BCUT2D eigenvalue weighted by Crippen LogP contribution is 2.19. The number of aliphatic carboxylic acids is 1. The highest BCUT2D eigenvalue weighted by Gasteiger charge is 2.14. The normalized spacial score (nSPS) is 12.2. The maximum atomic E-state index is 12.7. The number of carboxylic acids is 1. The summed E-state index contributed by atoms with van der Waals surface area (Å²) in [5, 5.41) is 8.74. The SMILES string of the molecule is CCCCCCCC/C=C\CCCCCCCC(=O)OC(CCCCCCCCCC)CCCCCCCCCCC(=O)O. The molecule has 0 saturated heterocycles. The van der Waals surface area contributed by atoms with Crippen molar-refractivity contribution >= 4 is 11.9 Å². The zero-order valence-electron chi connectivity index (χ0n) is 29.7. The van der Waals surface area contributed by atoms with Crippen LogP contribution in [-0.2, 0) is 14.3 Å². The van der Waals surface area contributed by atoms with Crippen molar-refractivity contribution in [2.24, 2.45) is 0 Å². The number of hydrogen-bond acceptors (Lipinski definition) is 3. The molecule has 0 amide bonds. The molecule has 4 nitrogen and oxygen atoms in total. The van der Waals surface area contributed by atoms with Crippen molar-refractivity contribution in [3.05, 3.63) is 12.2 Å². The lowest BCUT2D eigenvalue weighted by Crippen LogP contribution is -2.18. The summed E-state index contributed by atoms with van der Waals surface area (Å²) < 4.78 is 6.02. The topological polar surface area (TPSA) is 63.6 Å². The first-order chi connectivity index (χ1) is 21.6. The van der Waals surface area contributed by atoms with Gasteiger partial charge in [-0.15, -0.1) is 0 Å². The number of carbonyl (C=O) groups excluding carboxylic acids is 1. The summed E-state index contributed by atoms with van der Waals surface area (Å²) in [4.78, 5) is 23.3. The number of hydrogen-bond donors (Lipinski definition) is 1. The first kappa shape index (κ1) is 42.7. The average molecular weight is 621 g/mol. The van der Waals surface area contributed by atoms with Gasteiger partial charge >= 0.3 is 11.9 Å².